The maximum atomic E-state index is 11.6. The van der Waals surface area contributed by atoms with Gasteiger partial charge in [0.05, 0.1) is 6.04 Å². The number of amides is 1. The lowest BCUT2D eigenvalue weighted by atomic mass is 10.1. The number of nitrogens with one attached hydrogen (secondary N) is 2. The quantitative estimate of drug-likeness (QED) is 0.507. The molecule has 1 atom stereocenters. The maximum Gasteiger partial charge on any atom is 0.236 e. The highest BCUT2D eigenvalue weighted by atomic mass is 16.2. The Bertz CT molecular complexity index is 196. The molecule has 0 rings (SSSR count). The molecule has 0 aliphatic rings. The summed E-state index contributed by atoms with van der Waals surface area (Å²) in [6.45, 7) is 8.03. The molecule has 0 saturated carbocycles. The third kappa shape index (κ3) is 10.3. The first-order valence-electron chi connectivity index (χ1n) is 6.70. The lowest BCUT2D eigenvalue weighted by Crippen LogP contribution is -2.42. The summed E-state index contributed by atoms with van der Waals surface area (Å²) in [6.07, 6.45) is 3.88. The number of aliphatic hydroxyl groups excluding tert-OH is 1. The zero-order valence-corrected chi connectivity index (χ0v) is 11.5. The van der Waals surface area contributed by atoms with E-state index in [9.17, 15) is 4.79 Å². The van der Waals surface area contributed by atoms with Gasteiger partial charge in [0, 0.05) is 13.2 Å². The number of rotatable bonds is 10. The summed E-state index contributed by atoms with van der Waals surface area (Å²) in [6, 6.07) is -0.128. The van der Waals surface area contributed by atoms with Crippen molar-refractivity contribution in [1.82, 2.24) is 10.6 Å². The van der Waals surface area contributed by atoms with E-state index in [1.807, 2.05) is 6.92 Å². The minimum Gasteiger partial charge on any atom is -0.396 e. The minimum absolute atomic E-state index is 0.0767. The van der Waals surface area contributed by atoms with E-state index in [0.29, 0.717) is 5.92 Å². The molecule has 1 amide bonds. The molecule has 0 aromatic rings. The van der Waals surface area contributed by atoms with E-state index in [-0.39, 0.29) is 18.6 Å². The minimum atomic E-state index is -0.128. The third-order valence-electron chi connectivity index (χ3n) is 2.70. The second kappa shape index (κ2) is 10.5. The molecule has 17 heavy (non-hydrogen) atoms. The van der Waals surface area contributed by atoms with E-state index < -0.39 is 0 Å². The van der Waals surface area contributed by atoms with Crippen molar-refractivity contribution in [3.63, 3.8) is 0 Å². The van der Waals surface area contributed by atoms with Crippen molar-refractivity contribution >= 4 is 5.91 Å². The largest absolute Gasteiger partial charge is 0.396 e. The zero-order valence-electron chi connectivity index (χ0n) is 11.5. The van der Waals surface area contributed by atoms with Crippen LogP contribution in [0.4, 0.5) is 0 Å². The summed E-state index contributed by atoms with van der Waals surface area (Å²) >= 11 is 0. The Kier molecular flexibility index (Phi) is 10.2. The monoisotopic (exact) mass is 244 g/mol. The van der Waals surface area contributed by atoms with Crippen molar-refractivity contribution in [3.05, 3.63) is 0 Å². The van der Waals surface area contributed by atoms with Gasteiger partial charge in [-0.15, -0.1) is 0 Å². The van der Waals surface area contributed by atoms with Gasteiger partial charge in [0.2, 0.25) is 5.91 Å². The third-order valence-corrected chi connectivity index (χ3v) is 2.70. The van der Waals surface area contributed by atoms with Gasteiger partial charge >= 0.3 is 0 Å². The van der Waals surface area contributed by atoms with Gasteiger partial charge in [0.15, 0.2) is 0 Å². The lowest BCUT2D eigenvalue weighted by molar-refractivity contribution is -0.122. The average molecular weight is 244 g/mol. The van der Waals surface area contributed by atoms with Crippen LogP contribution in [-0.4, -0.2) is 36.8 Å². The number of carbonyl (C=O) groups excluding carboxylic acids is 1. The molecule has 0 spiro atoms. The summed E-state index contributed by atoms with van der Waals surface area (Å²) in [5.41, 5.74) is 0. The molecule has 0 fully saturated rings. The fourth-order valence-corrected chi connectivity index (χ4v) is 1.46. The first kappa shape index (κ1) is 16.4. The van der Waals surface area contributed by atoms with E-state index in [0.717, 1.165) is 38.8 Å². The molecule has 4 nitrogen and oxygen atoms in total. The first-order valence-corrected chi connectivity index (χ1v) is 6.70. The Balaban J connectivity index is 3.47. The molecule has 0 saturated heterocycles. The Morgan fingerprint density at radius 2 is 1.82 bits per heavy atom. The second-order valence-corrected chi connectivity index (χ2v) is 4.93. The zero-order chi connectivity index (χ0) is 13.1. The molecular formula is C13H28N2O2. The van der Waals surface area contributed by atoms with Crippen molar-refractivity contribution in [1.29, 1.82) is 0 Å². The number of carbonyl (C=O) groups is 1. The van der Waals surface area contributed by atoms with Gasteiger partial charge in [0.25, 0.3) is 0 Å². The normalized spacial score (nSPS) is 12.8. The molecule has 0 aromatic carbocycles. The molecular weight excluding hydrogens is 216 g/mol. The Morgan fingerprint density at radius 1 is 1.12 bits per heavy atom. The van der Waals surface area contributed by atoms with Crippen molar-refractivity contribution in [2.75, 3.05) is 19.7 Å². The van der Waals surface area contributed by atoms with Crippen LogP contribution in [0.5, 0.6) is 0 Å². The molecule has 0 aromatic heterocycles. The Morgan fingerprint density at radius 3 is 2.41 bits per heavy atom. The van der Waals surface area contributed by atoms with Gasteiger partial charge < -0.3 is 15.7 Å². The summed E-state index contributed by atoms with van der Waals surface area (Å²) in [7, 11) is 0. The molecule has 102 valence electrons. The molecule has 1 unspecified atom stereocenters. The van der Waals surface area contributed by atoms with Gasteiger partial charge in [-0.1, -0.05) is 13.8 Å². The Hall–Kier alpha value is -0.610. The maximum absolute atomic E-state index is 11.6. The summed E-state index contributed by atoms with van der Waals surface area (Å²) in [5.74, 6) is 0.699. The van der Waals surface area contributed by atoms with Gasteiger partial charge in [-0.05, 0) is 45.1 Å². The van der Waals surface area contributed by atoms with Gasteiger partial charge in [-0.2, -0.15) is 0 Å². The van der Waals surface area contributed by atoms with Crippen molar-refractivity contribution < 1.29 is 9.90 Å². The van der Waals surface area contributed by atoms with Crippen molar-refractivity contribution in [3.8, 4) is 0 Å². The summed E-state index contributed by atoms with van der Waals surface area (Å²) in [5, 5.41) is 14.7. The predicted octanol–water partition coefficient (Wildman–Crippen LogP) is 1.29. The van der Waals surface area contributed by atoms with Crippen LogP contribution < -0.4 is 10.6 Å². The SMILES string of the molecule is CC(C)CCNC(=O)C(C)NCCCCCO. The number of unbranched alkanes of at least 4 members (excludes halogenated alkanes) is 2. The van der Waals surface area contributed by atoms with Crippen LogP contribution in [0.2, 0.25) is 0 Å². The molecule has 0 bridgehead atoms. The van der Waals surface area contributed by atoms with E-state index in [2.05, 4.69) is 24.5 Å². The average Bonchev–Trinajstić information content (AvgIpc) is 2.27. The smallest absolute Gasteiger partial charge is 0.236 e. The highest BCUT2D eigenvalue weighted by molar-refractivity contribution is 5.81. The van der Waals surface area contributed by atoms with Gasteiger partial charge in [0.1, 0.15) is 0 Å². The van der Waals surface area contributed by atoms with E-state index >= 15 is 0 Å². The van der Waals surface area contributed by atoms with E-state index in [4.69, 9.17) is 5.11 Å². The number of hydrogen-bond acceptors (Lipinski definition) is 3. The van der Waals surface area contributed by atoms with Crippen molar-refractivity contribution in [2.24, 2.45) is 5.92 Å². The highest BCUT2D eigenvalue weighted by Gasteiger charge is 2.10. The van der Waals surface area contributed by atoms with E-state index in [1.54, 1.807) is 0 Å². The molecule has 4 heteroatoms. The van der Waals surface area contributed by atoms with Crippen LogP contribution >= 0.6 is 0 Å². The summed E-state index contributed by atoms with van der Waals surface area (Å²) < 4.78 is 0. The van der Waals surface area contributed by atoms with Crippen LogP contribution in [0.15, 0.2) is 0 Å². The number of aliphatic hydroxyl groups is 1. The molecule has 0 aliphatic carbocycles. The molecule has 0 heterocycles. The second-order valence-electron chi connectivity index (χ2n) is 4.93. The molecule has 0 aliphatic heterocycles. The highest BCUT2D eigenvalue weighted by Crippen LogP contribution is 1.97. The number of hydrogen-bond donors (Lipinski definition) is 3. The standard InChI is InChI=1S/C13H28N2O2/c1-11(2)7-9-15-13(17)12(3)14-8-5-4-6-10-16/h11-12,14,16H,4-10H2,1-3H3,(H,15,17). The van der Waals surface area contributed by atoms with Gasteiger partial charge in [-0.25, -0.2) is 0 Å². The summed E-state index contributed by atoms with van der Waals surface area (Å²) in [4.78, 5) is 11.6. The van der Waals surface area contributed by atoms with Crippen LogP contribution in [0.25, 0.3) is 0 Å². The van der Waals surface area contributed by atoms with Crippen LogP contribution in [0.3, 0.4) is 0 Å². The van der Waals surface area contributed by atoms with Crippen LogP contribution in [-0.2, 0) is 4.79 Å². The van der Waals surface area contributed by atoms with Crippen LogP contribution in [0, 0.1) is 5.92 Å². The lowest BCUT2D eigenvalue weighted by Gasteiger charge is -2.14. The van der Waals surface area contributed by atoms with Crippen LogP contribution in [0.1, 0.15) is 46.5 Å². The fourth-order valence-electron chi connectivity index (χ4n) is 1.46. The molecule has 0 radical (unpaired) electrons. The van der Waals surface area contributed by atoms with Gasteiger partial charge in [-0.3, -0.25) is 4.79 Å². The predicted molar refractivity (Wildman–Crippen MR) is 70.9 cm³/mol. The van der Waals surface area contributed by atoms with E-state index in [1.165, 1.54) is 0 Å². The fraction of sp³-hybridized carbons (Fsp3) is 0.923. The molecule has 3 N–H and O–H groups in total. The topological polar surface area (TPSA) is 61.4 Å². The van der Waals surface area contributed by atoms with Crippen molar-refractivity contribution in [2.45, 2.75) is 52.5 Å². The Labute approximate surface area is 105 Å². The first-order chi connectivity index (χ1) is 8.07.